The molecule has 0 atom stereocenters. The molecule has 0 N–H and O–H groups in total. The van der Waals surface area contributed by atoms with Gasteiger partial charge in [-0.1, -0.05) is 0 Å². The monoisotopic (exact) mass is 367 g/mol. The van der Waals surface area contributed by atoms with Crippen LogP contribution in [0.25, 0.3) is 22.3 Å². The second-order valence-electron chi connectivity index (χ2n) is 6.48. The quantitative estimate of drug-likeness (QED) is 0.550. The predicted octanol–water partition coefficient (Wildman–Crippen LogP) is 2.45. The van der Waals surface area contributed by atoms with Gasteiger partial charge in [-0.25, -0.2) is 19.3 Å². The second-order valence-corrected chi connectivity index (χ2v) is 6.48. The average molecular weight is 367 g/mol. The summed E-state index contributed by atoms with van der Waals surface area (Å²) < 4.78 is 21.1. The van der Waals surface area contributed by atoms with Gasteiger partial charge in [-0.3, -0.25) is 0 Å². The molecule has 0 bridgehead atoms. The Morgan fingerprint density at radius 3 is 2.70 bits per heavy atom. The number of anilines is 2. The number of hydrogen-bond donors (Lipinski definition) is 0. The van der Waals surface area contributed by atoms with Gasteiger partial charge in [0.1, 0.15) is 17.7 Å². The van der Waals surface area contributed by atoms with Crippen molar-refractivity contribution >= 4 is 34.1 Å². The lowest BCUT2D eigenvalue weighted by Crippen LogP contribution is -2.47. The Hall–Kier alpha value is -3.23. The van der Waals surface area contributed by atoms with Gasteiger partial charge in [-0.2, -0.15) is 4.98 Å². The van der Waals surface area contributed by atoms with Gasteiger partial charge in [-0.05, 0) is 19.1 Å². The van der Waals surface area contributed by atoms with Crippen LogP contribution in [0.5, 0.6) is 0 Å². The van der Waals surface area contributed by atoms with Crippen molar-refractivity contribution in [1.82, 2.24) is 24.5 Å². The third-order valence-corrected chi connectivity index (χ3v) is 4.91. The molecule has 0 saturated carbocycles. The van der Waals surface area contributed by atoms with Crippen LogP contribution in [0.1, 0.15) is 6.92 Å². The summed E-state index contributed by atoms with van der Waals surface area (Å²) >= 11 is 0. The van der Waals surface area contributed by atoms with Crippen LogP contribution in [0.4, 0.5) is 16.2 Å². The summed E-state index contributed by atoms with van der Waals surface area (Å²) in [6, 6.07) is 4.92. The summed E-state index contributed by atoms with van der Waals surface area (Å²) in [5.41, 5.74) is 2.81. The third-order valence-electron chi connectivity index (χ3n) is 4.91. The summed E-state index contributed by atoms with van der Waals surface area (Å²) in [6.07, 6.45) is 3.39. The van der Waals surface area contributed by atoms with E-state index in [4.69, 9.17) is 4.42 Å². The summed E-state index contributed by atoms with van der Waals surface area (Å²) in [5.74, 6) is 0.529. The first kappa shape index (κ1) is 16.0. The molecule has 0 spiro atoms. The molecule has 1 saturated heterocycles. The van der Waals surface area contributed by atoms with Gasteiger partial charge in [0.25, 0.3) is 6.01 Å². The zero-order valence-corrected chi connectivity index (χ0v) is 14.8. The number of rotatable bonds is 3. The number of halogens is 1. The van der Waals surface area contributed by atoms with Gasteiger partial charge >= 0.3 is 0 Å². The second kappa shape index (κ2) is 6.19. The standard InChI is InChI=1S/C18H18FN7O/c1-2-24-11-22-15-16(24)20-10-21-17(15)25-5-7-26(8-6-25)18-23-13-4-3-12(19)9-14(13)27-18/h3-4,9-11H,2,5-8H2,1H3. The lowest BCUT2D eigenvalue weighted by molar-refractivity contribution is 0.538. The molecule has 1 aromatic carbocycles. The van der Waals surface area contributed by atoms with Gasteiger partial charge in [0.15, 0.2) is 22.6 Å². The Morgan fingerprint density at radius 2 is 1.89 bits per heavy atom. The molecular formula is C18H18FN7O. The largest absolute Gasteiger partial charge is 0.423 e. The van der Waals surface area contributed by atoms with Crippen molar-refractivity contribution < 1.29 is 8.81 Å². The molecule has 0 unspecified atom stereocenters. The maximum absolute atomic E-state index is 13.4. The van der Waals surface area contributed by atoms with Gasteiger partial charge in [0.05, 0.1) is 6.33 Å². The zero-order chi connectivity index (χ0) is 18.4. The summed E-state index contributed by atoms with van der Waals surface area (Å²) in [7, 11) is 0. The van der Waals surface area contributed by atoms with Gasteiger partial charge < -0.3 is 18.8 Å². The molecule has 138 valence electrons. The van der Waals surface area contributed by atoms with E-state index in [1.54, 1.807) is 18.7 Å². The van der Waals surface area contributed by atoms with E-state index in [9.17, 15) is 4.39 Å². The minimum Gasteiger partial charge on any atom is -0.423 e. The summed E-state index contributed by atoms with van der Waals surface area (Å²) in [4.78, 5) is 22.1. The predicted molar refractivity (Wildman–Crippen MR) is 99.4 cm³/mol. The summed E-state index contributed by atoms with van der Waals surface area (Å²) in [5, 5.41) is 0. The summed E-state index contributed by atoms with van der Waals surface area (Å²) in [6.45, 7) is 5.87. The molecule has 1 fully saturated rings. The highest BCUT2D eigenvalue weighted by Gasteiger charge is 2.24. The number of aryl methyl sites for hydroxylation is 1. The molecule has 5 rings (SSSR count). The Labute approximate surface area is 154 Å². The van der Waals surface area contributed by atoms with Crippen molar-refractivity contribution in [2.75, 3.05) is 36.0 Å². The van der Waals surface area contributed by atoms with Crippen molar-refractivity contribution in [3.05, 3.63) is 36.7 Å². The van der Waals surface area contributed by atoms with Crippen molar-refractivity contribution in [3.8, 4) is 0 Å². The highest BCUT2D eigenvalue weighted by Crippen LogP contribution is 2.26. The van der Waals surface area contributed by atoms with E-state index in [0.29, 0.717) is 17.1 Å². The number of aromatic nitrogens is 5. The fourth-order valence-corrected chi connectivity index (χ4v) is 3.46. The van der Waals surface area contributed by atoms with Crippen LogP contribution in [-0.2, 0) is 6.54 Å². The Kier molecular flexibility index (Phi) is 3.66. The van der Waals surface area contributed by atoms with Crippen LogP contribution in [-0.4, -0.2) is 50.7 Å². The van der Waals surface area contributed by atoms with Gasteiger partial charge in [0, 0.05) is 38.8 Å². The van der Waals surface area contributed by atoms with Crippen molar-refractivity contribution in [2.45, 2.75) is 13.5 Å². The molecule has 4 heterocycles. The van der Waals surface area contributed by atoms with Crippen molar-refractivity contribution in [1.29, 1.82) is 0 Å². The zero-order valence-electron chi connectivity index (χ0n) is 14.8. The molecule has 1 aliphatic heterocycles. The smallest absolute Gasteiger partial charge is 0.298 e. The minimum atomic E-state index is -0.325. The highest BCUT2D eigenvalue weighted by atomic mass is 19.1. The molecule has 1 aliphatic rings. The maximum Gasteiger partial charge on any atom is 0.298 e. The van der Waals surface area contributed by atoms with E-state index in [2.05, 4.69) is 36.7 Å². The number of piperazine rings is 1. The number of oxazole rings is 1. The molecule has 8 nitrogen and oxygen atoms in total. The third kappa shape index (κ3) is 2.66. The number of benzene rings is 1. The molecule has 0 amide bonds. The van der Waals surface area contributed by atoms with E-state index in [1.165, 1.54) is 12.1 Å². The van der Waals surface area contributed by atoms with Crippen molar-refractivity contribution in [2.24, 2.45) is 0 Å². The first-order valence-corrected chi connectivity index (χ1v) is 8.95. The normalized spacial score (nSPS) is 15.2. The van der Waals surface area contributed by atoms with Crippen LogP contribution in [0.2, 0.25) is 0 Å². The van der Waals surface area contributed by atoms with Crippen LogP contribution >= 0.6 is 0 Å². The number of hydrogen-bond acceptors (Lipinski definition) is 7. The minimum absolute atomic E-state index is 0.325. The Balaban J connectivity index is 1.37. The van der Waals surface area contributed by atoms with Crippen LogP contribution < -0.4 is 9.80 Å². The maximum atomic E-state index is 13.4. The first-order valence-electron chi connectivity index (χ1n) is 8.95. The van der Waals surface area contributed by atoms with Crippen LogP contribution in [0.3, 0.4) is 0 Å². The number of fused-ring (bicyclic) bond motifs is 2. The fourth-order valence-electron chi connectivity index (χ4n) is 3.46. The van der Waals surface area contributed by atoms with E-state index in [1.807, 2.05) is 4.57 Å². The molecule has 9 heteroatoms. The molecule has 3 aromatic heterocycles. The molecule has 27 heavy (non-hydrogen) atoms. The van der Waals surface area contributed by atoms with Crippen LogP contribution in [0.15, 0.2) is 35.3 Å². The Bertz CT molecular complexity index is 1110. The molecule has 0 radical (unpaired) electrons. The SMILES string of the molecule is CCn1cnc2c(N3CCN(c4nc5ccc(F)cc5o4)CC3)ncnc21. The lowest BCUT2D eigenvalue weighted by atomic mass is 10.3. The van der Waals surface area contributed by atoms with Crippen molar-refractivity contribution in [3.63, 3.8) is 0 Å². The Morgan fingerprint density at radius 1 is 1.07 bits per heavy atom. The first-order chi connectivity index (χ1) is 13.2. The van der Waals surface area contributed by atoms with Crippen LogP contribution in [0, 0.1) is 5.82 Å². The highest BCUT2D eigenvalue weighted by molar-refractivity contribution is 5.83. The average Bonchev–Trinajstić information content (AvgIpc) is 3.31. The lowest BCUT2D eigenvalue weighted by Gasteiger charge is -2.34. The fraction of sp³-hybridized carbons (Fsp3) is 0.333. The molecule has 0 aliphatic carbocycles. The van der Waals surface area contributed by atoms with E-state index >= 15 is 0 Å². The molecular weight excluding hydrogens is 349 g/mol. The van der Waals surface area contributed by atoms with Gasteiger partial charge in [0.2, 0.25) is 0 Å². The number of nitrogens with zero attached hydrogens (tertiary/aromatic N) is 7. The van der Waals surface area contributed by atoms with E-state index in [-0.39, 0.29) is 5.82 Å². The topological polar surface area (TPSA) is 76.1 Å². The van der Waals surface area contributed by atoms with Gasteiger partial charge in [-0.15, -0.1) is 0 Å². The van der Waals surface area contributed by atoms with E-state index in [0.717, 1.165) is 49.7 Å². The number of imidazole rings is 1. The molecule has 4 aromatic rings. The van der Waals surface area contributed by atoms with E-state index < -0.39 is 0 Å².